The first-order chi connectivity index (χ1) is 14.6. The van der Waals surface area contributed by atoms with E-state index in [9.17, 15) is 4.79 Å². The van der Waals surface area contributed by atoms with Crippen molar-refractivity contribution in [1.82, 2.24) is 0 Å². The Morgan fingerprint density at radius 3 is 2.83 bits per heavy atom. The molecule has 2 heterocycles. The first-order valence-electron chi connectivity index (χ1n) is 10.0. The number of rotatable bonds is 7. The molecule has 1 aromatic carbocycles. The summed E-state index contributed by atoms with van der Waals surface area (Å²) < 4.78 is 10.8. The highest BCUT2D eigenvalue weighted by molar-refractivity contribution is 7.16. The highest BCUT2D eigenvalue weighted by atomic mass is 32.1. The standard InChI is InChI=1S/C23H26N2O3S2/c1-14-6-8-17-20(11-14)30-23(24-13-16-5-4-10-29-16)21(17)22(26)25-18-12-15(27-2)7-9-19(18)28-3/h4-5,7,9-10,12,14,24H,6,8,11,13H2,1-3H3,(H,25,26)/t14-/m0/s1. The van der Waals surface area contributed by atoms with Crippen LogP contribution < -0.4 is 20.1 Å². The van der Waals surface area contributed by atoms with E-state index in [1.807, 2.05) is 12.1 Å². The molecule has 30 heavy (non-hydrogen) atoms. The zero-order valence-corrected chi connectivity index (χ0v) is 19.0. The molecular formula is C23H26N2O3S2. The molecule has 1 aliphatic rings. The summed E-state index contributed by atoms with van der Waals surface area (Å²) in [6.07, 6.45) is 3.08. The van der Waals surface area contributed by atoms with E-state index in [0.717, 1.165) is 36.4 Å². The van der Waals surface area contributed by atoms with Crippen LogP contribution in [0.3, 0.4) is 0 Å². The van der Waals surface area contributed by atoms with Gasteiger partial charge in [0.25, 0.3) is 5.91 Å². The van der Waals surface area contributed by atoms with Gasteiger partial charge in [-0.1, -0.05) is 13.0 Å². The second-order valence-electron chi connectivity index (χ2n) is 7.51. The molecule has 0 spiro atoms. The van der Waals surface area contributed by atoms with Crippen LogP contribution >= 0.6 is 22.7 Å². The second-order valence-corrected chi connectivity index (χ2v) is 9.65. The largest absolute Gasteiger partial charge is 0.497 e. The Labute approximate surface area is 185 Å². The van der Waals surface area contributed by atoms with Gasteiger partial charge in [0.05, 0.1) is 32.0 Å². The molecule has 0 saturated carbocycles. The van der Waals surface area contributed by atoms with Crippen LogP contribution in [0.2, 0.25) is 0 Å². The first kappa shape index (κ1) is 20.8. The number of nitrogens with one attached hydrogen (secondary N) is 2. The average Bonchev–Trinajstić information content (AvgIpc) is 3.39. The minimum Gasteiger partial charge on any atom is -0.497 e. The highest BCUT2D eigenvalue weighted by Gasteiger charge is 2.28. The maximum absolute atomic E-state index is 13.4. The van der Waals surface area contributed by atoms with E-state index < -0.39 is 0 Å². The molecule has 158 valence electrons. The Bertz CT molecular complexity index is 1030. The lowest BCUT2D eigenvalue weighted by atomic mass is 9.88. The monoisotopic (exact) mass is 442 g/mol. The van der Waals surface area contributed by atoms with E-state index in [0.29, 0.717) is 23.1 Å². The van der Waals surface area contributed by atoms with Gasteiger partial charge in [0.2, 0.25) is 0 Å². The number of ether oxygens (including phenoxy) is 2. The van der Waals surface area contributed by atoms with Gasteiger partial charge in [-0.05, 0) is 54.3 Å². The zero-order chi connectivity index (χ0) is 21.1. The average molecular weight is 443 g/mol. The molecular weight excluding hydrogens is 416 g/mol. The normalized spacial score (nSPS) is 15.4. The number of hydrogen-bond acceptors (Lipinski definition) is 6. The van der Waals surface area contributed by atoms with Gasteiger partial charge in [0.1, 0.15) is 16.5 Å². The van der Waals surface area contributed by atoms with Crippen LogP contribution in [-0.2, 0) is 19.4 Å². The summed E-state index contributed by atoms with van der Waals surface area (Å²) in [5, 5.41) is 9.59. The summed E-state index contributed by atoms with van der Waals surface area (Å²) in [7, 11) is 3.20. The quantitative estimate of drug-likeness (QED) is 0.484. The van der Waals surface area contributed by atoms with Crippen LogP contribution in [0.25, 0.3) is 0 Å². The van der Waals surface area contributed by atoms with E-state index in [1.54, 1.807) is 49.0 Å². The Balaban J connectivity index is 1.65. The third-order valence-electron chi connectivity index (χ3n) is 5.40. The second kappa shape index (κ2) is 9.10. The van der Waals surface area contributed by atoms with Gasteiger partial charge in [-0.25, -0.2) is 0 Å². The molecule has 5 nitrogen and oxygen atoms in total. The van der Waals surface area contributed by atoms with Crippen LogP contribution in [0.15, 0.2) is 35.7 Å². The van der Waals surface area contributed by atoms with Crippen molar-refractivity contribution in [2.75, 3.05) is 24.9 Å². The highest BCUT2D eigenvalue weighted by Crippen LogP contribution is 2.41. The molecule has 1 aliphatic carbocycles. The number of amides is 1. The minimum absolute atomic E-state index is 0.109. The molecule has 3 aromatic rings. The van der Waals surface area contributed by atoms with Gasteiger partial charge in [-0.3, -0.25) is 4.79 Å². The fourth-order valence-corrected chi connectivity index (χ4v) is 5.84. The van der Waals surface area contributed by atoms with Crippen molar-refractivity contribution in [1.29, 1.82) is 0 Å². The van der Waals surface area contributed by atoms with Gasteiger partial charge in [0.15, 0.2) is 0 Å². The van der Waals surface area contributed by atoms with Gasteiger partial charge in [-0.2, -0.15) is 0 Å². The van der Waals surface area contributed by atoms with Crippen molar-refractivity contribution < 1.29 is 14.3 Å². The van der Waals surface area contributed by atoms with Crippen molar-refractivity contribution in [2.45, 2.75) is 32.7 Å². The lowest BCUT2D eigenvalue weighted by molar-refractivity contribution is 0.102. The zero-order valence-electron chi connectivity index (χ0n) is 17.4. The van der Waals surface area contributed by atoms with Crippen LogP contribution in [0.5, 0.6) is 11.5 Å². The summed E-state index contributed by atoms with van der Waals surface area (Å²) in [6, 6.07) is 9.56. The van der Waals surface area contributed by atoms with Gasteiger partial charge in [-0.15, -0.1) is 22.7 Å². The minimum atomic E-state index is -0.109. The Morgan fingerprint density at radius 1 is 1.23 bits per heavy atom. The lowest BCUT2D eigenvalue weighted by Crippen LogP contribution is -2.18. The summed E-state index contributed by atoms with van der Waals surface area (Å²) >= 11 is 3.44. The van der Waals surface area contributed by atoms with Gasteiger partial charge >= 0.3 is 0 Å². The maximum Gasteiger partial charge on any atom is 0.259 e. The number of carbonyl (C=O) groups excluding carboxylic acids is 1. The lowest BCUT2D eigenvalue weighted by Gasteiger charge is -2.19. The Hall–Kier alpha value is -2.51. The molecule has 7 heteroatoms. The molecule has 1 atom stereocenters. The predicted octanol–water partition coefficient (Wildman–Crippen LogP) is 5.82. The fraction of sp³-hybridized carbons (Fsp3) is 0.348. The summed E-state index contributed by atoms with van der Waals surface area (Å²) in [5.74, 6) is 1.82. The van der Waals surface area contributed by atoms with Crippen LogP contribution in [0.1, 0.15) is 39.0 Å². The van der Waals surface area contributed by atoms with Crippen LogP contribution in [0, 0.1) is 5.92 Å². The maximum atomic E-state index is 13.4. The van der Waals surface area contributed by atoms with E-state index >= 15 is 0 Å². The molecule has 0 saturated heterocycles. The van der Waals surface area contributed by atoms with E-state index in [1.165, 1.54) is 15.3 Å². The topological polar surface area (TPSA) is 59.6 Å². The third kappa shape index (κ3) is 4.32. The molecule has 0 aliphatic heterocycles. The van der Waals surface area contributed by atoms with Crippen molar-refractivity contribution in [3.8, 4) is 11.5 Å². The number of thiophene rings is 2. The molecule has 0 fully saturated rings. The molecule has 1 amide bonds. The molecule has 4 rings (SSSR count). The van der Waals surface area contributed by atoms with Crippen molar-refractivity contribution >= 4 is 39.3 Å². The number of anilines is 2. The van der Waals surface area contributed by atoms with Gasteiger partial charge < -0.3 is 20.1 Å². The van der Waals surface area contributed by atoms with Crippen LogP contribution in [-0.4, -0.2) is 20.1 Å². The van der Waals surface area contributed by atoms with E-state index in [2.05, 4.69) is 29.0 Å². The molecule has 0 bridgehead atoms. The molecule has 0 radical (unpaired) electrons. The van der Waals surface area contributed by atoms with E-state index in [4.69, 9.17) is 9.47 Å². The fourth-order valence-electron chi connectivity index (χ4n) is 3.79. The number of benzene rings is 1. The summed E-state index contributed by atoms with van der Waals surface area (Å²) in [4.78, 5) is 16.0. The van der Waals surface area contributed by atoms with E-state index in [-0.39, 0.29) is 5.91 Å². The summed E-state index contributed by atoms with van der Waals surface area (Å²) in [6.45, 7) is 3.00. The third-order valence-corrected chi connectivity index (χ3v) is 7.49. The Morgan fingerprint density at radius 2 is 2.10 bits per heavy atom. The van der Waals surface area contributed by atoms with Crippen molar-refractivity contribution in [3.05, 3.63) is 56.6 Å². The predicted molar refractivity (Wildman–Crippen MR) is 125 cm³/mol. The number of methoxy groups -OCH3 is 2. The van der Waals surface area contributed by atoms with Crippen molar-refractivity contribution in [3.63, 3.8) is 0 Å². The first-order valence-corrected chi connectivity index (χ1v) is 11.7. The Kier molecular flexibility index (Phi) is 6.29. The number of hydrogen-bond donors (Lipinski definition) is 2. The molecule has 2 aromatic heterocycles. The number of carbonyl (C=O) groups is 1. The molecule has 2 N–H and O–H groups in total. The summed E-state index contributed by atoms with van der Waals surface area (Å²) in [5.41, 5.74) is 2.56. The van der Waals surface area contributed by atoms with Crippen molar-refractivity contribution in [2.24, 2.45) is 5.92 Å². The SMILES string of the molecule is COc1ccc(OC)c(NC(=O)c2c(NCc3cccs3)sc3c2CC[C@H](C)C3)c1. The number of fused-ring (bicyclic) bond motifs is 1. The molecule has 0 unspecified atom stereocenters. The van der Waals surface area contributed by atoms with Gasteiger partial charge in [0, 0.05) is 15.8 Å². The van der Waals surface area contributed by atoms with Crippen LogP contribution in [0.4, 0.5) is 10.7 Å². The smallest absolute Gasteiger partial charge is 0.259 e.